The van der Waals surface area contributed by atoms with Crippen molar-refractivity contribution in [2.24, 2.45) is 0 Å². The molecule has 2 aromatic heterocycles. The van der Waals surface area contributed by atoms with E-state index in [1.165, 1.54) is 72.7 Å². The van der Waals surface area contributed by atoms with E-state index in [9.17, 15) is 32.3 Å². The highest BCUT2D eigenvalue weighted by molar-refractivity contribution is 8.00. The fourth-order valence-corrected chi connectivity index (χ4v) is 7.56. The molecule has 2 aromatic carbocycles. The van der Waals surface area contributed by atoms with Crippen LogP contribution in [0, 0.1) is 23.3 Å². The number of methoxy groups -OCH3 is 1. The van der Waals surface area contributed by atoms with Crippen molar-refractivity contribution in [2.45, 2.75) is 61.0 Å². The highest BCUT2D eigenvalue weighted by Crippen LogP contribution is 2.43. The van der Waals surface area contributed by atoms with Crippen molar-refractivity contribution in [1.29, 1.82) is 0 Å². The summed E-state index contributed by atoms with van der Waals surface area (Å²) < 4.78 is 87.2. The molecule has 2 fully saturated rings. The zero-order chi connectivity index (χ0) is 36.4. The predicted octanol–water partition coefficient (Wildman–Crippen LogP) is 3.40. The smallest absolute Gasteiger partial charge is 0.303 e. The fourth-order valence-electron chi connectivity index (χ4n) is 6.01. The van der Waals surface area contributed by atoms with Gasteiger partial charge in [0.2, 0.25) is 0 Å². The molecule has 2 saturated heterocycles. The number of aromatic nitrogens is 6. The Labute approximate surface area is 291 Å². The van der Waals surface area contributed by atoms with Crippen LogP contribution in [0.25, 0.3) is 22.5 Å². The summed E-state index contributed by atoms with van der Waals surface area (Å²) in [5.74, 6) is -6.30. The van der Waals surface area contributed by atoms with Crippen LogP contribution < -0.4 is 0 Å². The van der Waals surface area contributed by atoms with Gasteiger partial charge in [0.25, 0.3) is 0 Å². The monoisotopic (exact) mass is 736 g/mol. The van der Waals surface area contributed by atoms with E-state index < -0.39 is 76.0 Å². The van der Waals surface area contributed by atoms with Gasteiger partial charge in [-0.25, -0.2) is 26.9 Å². The number of esters is 2. The van der Waals surface area contributed by atoms with Gasteiger partial charge in [0, 0.05) is 43.8 Å². The summed E-state index contributed by atoms with van der Waals surface area (Å²) >= 11 is 1.22. The summed E-state index contributed by atoms with van der Waals surface area (Å²) in [5, 5.41) is 27.5. The summed E-state index contributed by atoms with van der Waals surface area (Å²) in [6.07, 6.45) is -0.343. The second-order valence-electron chi connectivity index (χ2n) is 12.0. The van der Waals surface area contributed by atoms with Crippen molar-refractivity contribution in [2.75, 3.05) is 26.9 Å². The van der Waals surface area contributed by atoms with Crippen LogP contribution in [-0.2, 0) is 39.0 Å². The number of ether oxygens (including phenoxy) is 5. The van der Waals surface area contributed by atoms with E-state index in [-0.39, 0.29) is 37.5 Å². The minimum Gasteiger partial charge on any atom is -0.463 e. The Kier molecular flexibility index (Phi) is 10.7. The van der Waals surface area contributed by atoms with Crippen LogP contribution in [0.5, 0.6) is 0 Å². The quantitative estimate of drug-likeness (QED) is 0.143. The molecule has 0 amide bonds. The minimum atomic E-state index is -1.66. The van der Waals surface area contributed by atoms with Crippen molar-refractivity contribution in [3.8, 4) is 22.5 Å². The SMILES string of the molecule is COC1C(SC2COCC(O)(n3cc(-c4cccc(F)c4)nn3)C2)OC(COC(C)=O)C(OC(C)=O)C1n1cc(-c2cc(F)c(F)c(F)c2)nn1. The molecular formula is C32H32F4N6O8S. The molecular weight excluding hydrogens is 704 g/mol. The first-order chi connectivity index (χ1) is 24.3. The molecule has 19 heteroatoms. The third-order valence-electron chi connectivity index (χ3n) is 8.30. The average Bonchev–Trinajstić information content (AvgIpc) is 3.78. The molecule has 51 heavy (non-hydrogen) atoms. The van der Waals surface area contributed by atoms with Gasteiger partial charge in [-0.3, -0.25) is 9.59 Å². The van der Waals surface area contributed by atoms with Crippen LogP contribution >= 0.6 is 11.8 Å². The largest absolute Gasteiger partial charge is 0.463 e. The van der Waals surface area contributed by atoms with E-state index in [1.54, 1.807) is 6.07 Å². The molecule has 1 N–H and O–H groups in total. The van der Waals surface area contributed by atoms with Crippen LogP contribution in [0.4, 0.5) is 17.6 Å². The van der Waals surface area contributed by atoms with Gasteiger partial charge in [0.15, 0.2) is 29.3 Å². The average molecular weight is 737 g/mol. The summed E-state index contributed by atoms with van der Waals surface area (Å²) in [4.78, 5) is 24.2. The van der Waals surface area contributed by atoms with Gasteiger partial charge >= 0.3 is 11.9 Å². The van der Waals surface area contributed by atoms with E-state index in [1.807, 2.05) is 0 Å². The number of benzene rings is 2. The highest BCUT2D eigenvalue weighted by atomic mass is 32.2. The van der Waals surface area contributed by atoms with Crippen LogP contribution in [-0.4, -0.2) is 103 Å². The van der Waals surface area contributed by atoms with Gasteiger partial charge in [-0.2, -0.15) is 0 Å². The van der Waals surface area contributed by atoms with Gasteiger partial charge in [-0.05, 0) is 24.3 Å². The zero-order valence-corrected chi connectivity index (χ0v) is 28.1. The zero-order valence-electron chi connectivity index (χ0n) is 27.3. The molecule has 0 saturated carbocycles. The lowest BCUT2D eigenvalue weighted by Gasteiger charge is -2.46. The summed E-state index contributed by atoms with van der Waals surface area (Å²) in [5.41, 5.74) is -1.92. The van der Waals surface area contributed by atoms with Gasteiger partial charge in [0.1, 0.15) is 47.5 Å². The molecule has 2 aliphatic rings. The molecule has 2 aliphatic heterocycles. The molecule has 0 radical (unpaired) electrons. The number of rotatable bonds is 10. The van der Waals surface area contributed by atoms with Gasteiger partial charge in [-0.15, -0.1) is 22.0 Å². The standard InChI is InChI=1S/C32H32F4N6O8S/c1-16(43)48-14-26-29(49-17(2)44)28(41-11-24(37-39-41)19-8-22(34)27(36)23(35)9-19)30(46-3)31(50-26)51-21-10-32(45,15-47-13-21)42-12-25(38-40-42)18-5-4-6-20(33)7-18/h4-9,11-12,21,26,28-31,45H,10,13-15H2,1-3H3. The minimum absolute atomic E-state index is 0.0346. The van der Waals surface area contributed by atoms with Crippen LogP contribution in [0.15, 0.2) is 48.8 Å². The molecule has 0 aliphatic carbocycles. The topological polar surface area (TPSA) is 162 Å². The number of nitrogens with zero attached hydrogens (tertiary/aromatic N) is 6. The molecule has 4 aromatic rings. The first-order valence-electron chi connectivity index (χ1n) is 15.5. The maximum absolute atomic E-state index is 14.1. The van der Waals surface area contributed by atoms with Crippen molar-refractivity contribution >= 4 is 23.7 Å². The van der Waals surface area contributed by atoms with Crippen LogP contribution in [0.3, 0.4) is 0 Å². The number of aliphatic hydroxyl groups is 1. The number of carbonyl (C=O) groups is 2. The normalized spacial score (nSPS) is 26.5. The first-order valence-corrected chi connectivity index (χ1v) is 16.5. The van der Waals surface area contributed by atoms with Gasteiger partial charge < -0.3 is 28.8 Å². The molecule has 14 nitrogen and oxygen atoms in total. The summed E-state index contributed by atoms with van der Waals surface area (Å²) in [7, 11) is 1.38. The Morgan fingerprint density at radius 1 is 1.00 bits per heavy atom. The van der Waals surface area contributed by atoms with E-state index >= 15 is 0 Å². The third-order valence-corrected chi connectivity index (χ3v) is 9.63. The van der Waals surface area contributed by atoms with Crippen molar-refractivity contribution in [3.05, 3.63) is 72.1 Å². The molecule has 7 unspecified atom stereocenters. The first kappa shape index (κ1) is 36.4. The molecule has 272 valence electrons. The predicted molar refractivity (Wildman–Crippen MR) is 168 cm³/mol. The second kappa shape index (κ2) is 15.0. The second-order valence-corrected chi connectivity index (χ2v) is 13.4. The third kappa shape index (κ3) is 7.91. The molecule has 6 rings (SSSR count). The number of carbonyl (C=O) groups excluding carboxylic acids is 2. The van der Waals surface area contributed by atoms with Crippen LogP contribution in [0.2, 0.25) is 0 Å². The summed E-state index contributed by atoms with van der Waals surface area (Å²) in [6.45, 7) is 2.05. The molecule has 4 heterocycles. The fraction of sp³-hybridized carbons (Fsp3) is 0.438. The Balaban J connectivity index is 1.30. The lowest BCUT2D eigenvalue weighted by atomic mass is 9.96. The van der Waals surface area contributed by atoms with E-state index in [0.717, 1.165) is 12.1 Å². The van der Waals surface area contributed by atoms with Gasteiger partial charge in [0.05, 0.1) is 25.6 Å². The Hall–Kier alpha value is -4.43. The molecule has 0 bridgehead atoms. The maximum atomic E-state index is 14.1. The molecule has 7 atom stereocenters. The number of hydrogen-bond acceptors (Lipinski definition) is 13. The Morgan fingerprint density at radius 3 is 2.41 bits per heavy atom. The van der Waals surface area contributed by atoms with E-state index in [4.69, 9.17) is 23.7 Å². The van der Waals surface area contributed by atoms with Crippen LogP contribution in [0.1, 0.15) is 26.3 Å². The van der Waals surface area contributed by atoms with Crippen molar-refractivity contribution < 1.29 is 55.9 Å². The highest BCUT2D eigenvalue weighted by Gasteiger charge is 2.52. The maximum Gasteiger partial charge on any atom is 0.303 e. The summed E-state index contributed by atoms with van der Waals surface area (Å²) in [6, 6.07) is 6.27. The number of hydrogen-bond donors (Lipinski definition) is 1. The number of thioether (sulfide) groups is 1. The van der Waals surface area contributed by atoms with E-state index in [2.05, 4.69) is 20.6 Å². The lowest BCUT2D eigenvalue weighted by Crippen LogP contribution is -2.58. The van der Waals surface area contributed by atoms with E-state index in [0.29, 0.717) is 11.3 Å². The lowest BCUT2D eigenvalue weighted by molar-refractivity contribution is -0.208. The Morgan fingerprint density at radius 2 is 1.73 bits per heavy atom. The van der Waals surface area contributed by atoms with Crippen molar-refractivity contribution in [3.63, 3.8) is 0 Å². The van der Waals surface area contributed by atoms with Crippen molar-refractivity contribution in [1.82, 2.24) is 30.0 Å². The Bertz CT molecular complexity index is 1880. The van der Waals surface area contributed by atoms with Gasteiger partial charge in [-0.1, -0.05) is 22.6 Å². The molecule has 0 spiro atoms. The number of halogens is 4.